The van der Waals surface area contributed by atoms with Gasteiger partial charge in [-0.3, -0.25) is 14.9 Å². The van der Waals surface area contributed by atoms with E-state index in [0.29, 0.717) is 10.1 Å². The zero-order chi connectivity index (χ0) is 18.0. The van der Waals surface area contributed by atoms with Crippen LogP contribution in [0, 0.1) is 21.4 Å². The van der Waals surface area contributed by atoms with E-state index in [9.17, 15) is 25.3 Å². The Balaban J connectivity index is 2.15. The van der Waals surface area contributed by atoms with Gasteiger partial charge in [-0.05, 0) is 24.3 Å². The van der Waals surface area contributed by atoms with Gasteiger partial charge in [0.05, 0.1) is 10.3 Å². The van der Waals surface area contributed by atoms with Gasteiger partial charge in [-0.2, -0.15) is 10.2 Å². The number of aromatic nitrogens is 1. The zero-order valence-electron chi connectivity index (χ0n) is 12.5. The lowest BCUT2D eigenvalue weighted by atomic mass is 10.1. The summed E-state index contributed by atoms with van der Waals surface area (Å²) in [6, 6.07) is 13.8. The minimum absolute atomic E-state index is 0.0852. The van der Waals surface area contributed by atoms with Gasteiger partial charge in [-0.1, -0.05) is 12.1 Å². The van der Waals surface area contributed by atoms with Crippen molar-refractivity contribution in [2.24, 2.45) is 0 Å². The normalized spacial score (nSPS) is 11.6. The molecule has 0 fully saturated rings. The topological polar surface area (TPSA) is 117 Å². The zero-order valence-corrected chi connectivity index (χ0v) is 13.4. The number of benzene rings is 2. The van der Waals surface area contributed by atoms with Crippen LogP contribution in [0.25, 0.3) is 21.4 Å². The molecule has 1 heterocycles. The minimum atomic E-state index is -0.563. The molecule has 0 bridgehead atoms. The number of nitro benzene ring substituents is 1. The molecule has 0 aliphatic heterocycles. The lowest BCUT2D eigenvalue weighted by Crippen LogP contribution is -2.07. The van der Waals surface area contributed by atoms with Gasteiger partial charge in [0.2, 0.25) is 0 Å². The number of nitro groups is 1. The van der Waals surface area contributed by atoms with Crippen LogP contribution in [0.15, 0.2) is 53.3 Å². The predicted octanol–water partition coefficient (Wildman–Crippen LogP) is 3.51. The van der Waals surface area contributed by atoms with E-state index < -0.39 is 16.2 Å². The van der Waals surface area contributed by atoms with Crippen molar-refractivity contribution in [3.8, 4) is 6.07 Å². The Labute approximate surface area is 144 Å². The molecule has 3 rings (SSSR count). The summed E-state index contributed by atoms with van der Waals surface area (Å²) in [5, 5.41) is 31.0. The summed E-state index contributed by atoms with van der Waals surface area (Å²) in [7, 11) is 0. The van der Waals surface area contributed by atoms with Crippen molar-refractivity contribution in [3.05, 3.63) is 79.6 Å². The average molecular weight is 351 g/mol. The fraction of sp³-hybridized carbons (Fsp3) is 0. The highest BCUT2D eigenvalue weighted by atomic mass is 32.1. The average Bonchev–Trinajstić information content (AvgIpc) is 2.62. The molecule has 25 heavy (non-hydrogen) atoms. The molecule has 7 nitrogen and oxygen atoms in total. The van der Waals surface area contributed by atoms with E-state index in [1.807, 2.05) is 6.07 Å². The quantitative estimate of drug-likeness (QED) is 0.334. The van der Waals surface area contributed by atoms with Crippen molar-refractivity contribution in [3.63, 3.8) is 0 Å². The maximum atomic E-state index is 12.1. The van der Waals surface area contributed by atoms with E-state index in [0.717, 1.165) is 11.3 Å². The first-order valence-corrected chi connectivity index (χ1v) is 7.81. The number of nitrogens with zero attached hydrogens (tertiary/aromatic N) is 3. The number of hydrogen-bond donors (Lipinski definition) is 1. The van der Waals surface area contributed by atoms with Crippen LogP contribution in [0.3, 0.4) is 0 Å². The molecule has 3 aromatic rings. The fourth-order valence-corrected chi connectivity index (χ4v) is 3.20. The highest BCUT2D eigenvalue weighted by molar-refractivity contribution is 7.19. The molecule has 0 unspecified atom stereocenters. The number of hydrogen-bond acceptors (Lipinski definition) is 7. The van der Waals surface area contributed by atoms with Gasteiger partial charge in [0.15, 0.2) is 0 Å². The summed E-state index contributed by atoms with van der Waals surface area (Å²) in [6.07, 6.45) is 0. The number of rotatable bonds is 3. The number of non-ortho nitro benzene ring substituents is 1. The molecule has 0 aliphatic rings. The Hall–Kier alpha value is -3.57. The lowest BCUT2D eigenvalue weighted by molar-refractivity contribution is -0.384. The molecule has 2 aromatic carbocycles. The molecule has 0 aliphatic carbocycles. The predicted molar refractivity (Wildman–Crippen MR) is 94.0 cm³/mol. The van der Waals surface area contributed by atoms with Gasteiger partial charge in [0.25, 0.3) is 11.2 Å². The number of nitriles is 1. The second-order valence-electron chi connectivity index (χ2n) is 4.96. The van der Waals surface area contributed by atoms with Gasteiger partial charge < -0.3 is 5.11 Å². The van der Waals surface area contributed by atoms with E-state index in [1.165, 1.54) is 24.3 Å². The Bertz CT molecular complexity index is 1110. The van der Waals surface area contributed by atoms with Crippen molar-refractivity contribution in [1.29, 1.82) is 5.26 Å². The van der Waals surface area contributed by atoms with E-state index in [-0.39, 0.29) is 21.8 Å². The summed E-state index contributed by atoms with van der Waals surface area (Å²) in [6.45, 7) is 0. The molecule has 0 saturated heterocycles. The minimum Gasteiger partial charge on any atom is -0.506 e. The monoisotopic (exact) mass is 351 g/mol. The molecule has 0 atom stereocenters. The first-order chi connectivity index (χ1) is 12.0. The third-order valence-electron chi connectivity index (χ3n) is 3.44. The van der Waals surface area contributed by atoms with Crippen molar-refractivity contribution >= 4 is 38.4 Å². The van der Waals surface area contributed by atoms with Crippen LogP contribution in [0.5, 0.6) is 0 Å². The van der Waals surface area contributed by atoms with Crippen molar-refractivity contribution in [1.82, 2.24) is 4.98 Å². The standard InChI is InChI=1S/C17H9N3O4S/c18-9-13(15(21)10-5-7-11(8-6-10)20(23)24)17-19-16(22)12-3-1-2-4-14(12)25-17/h1-8,21H. The molecule has 1 N–H and O–H groups in total. The molecule has 0 spiro atoms. The largest absolute Gasteiger partial charge is 0.506 e. The number of aliphatic hydroxyl groups excluding tert-OH is 1. The first-order valence-electron chi connectivity index (χ1n) is 6.99. The highest BCUT2D eigenvalue weighted by Crippen LogP contribution is 2.28. The molecular formula is C17H9N3O4S. The summed E-state index contributed by atoms with van der Waals surface area (Å²) in [5.41, 5.74) is -0.574. The molecule has 0 radical (unpaired) electrons. The summed E-state index contributed by atoms with van der Waals surface area (Å²) < 4.78 is 0.641. The maximum Gasteiger partial charge on any atom is 0.279 e. The lowest BCUT2D eigenvalue weighted by Gasteiger charge is -2.04. The second kappa shape index (κ2) is 6.51. The van der Waals surface area contributed by atoms with Gasteiger partial charge in [-0.25, -0.2) is 0 Å². The van der Waals surface area contributed by atoms with Crippen LogP contribution in [0.1, 0.15) is 10.6 Å². The van der Waals surface area contributed by atoms with Gasteiger partial charge in [-0.15, -0.1) is 11.3 Å². The number of allylic oxidation sites excluding steroid dienone is 1. The van der Waals surface area contributed by atoms with E-state index in [4.69, 9.17) is 0 Å². The molecule has 122 valence electrons. The fourth-order valence-electron chi connectivity index (χ4n) is 2.21. The molecule has 0 saturated carbocycles. The maximum absolute atomic E-state index is 12.1. The van der Waals surface area contributed by atoms with Gasteiger partial charge in [0.1, 0.15) is 22.4 Å². The van der Waals surface area contributed by atoms with Crippen LogP contribution in [-0.4, -0.2) is 15.0 Å². The Morgan fingerprint density at radius 3 is 2.52 bits per heavy atom. The van der Waals surface area contributed by atoms with Crippen molar-refractivity contribution < 1.29 is 10.0 Å². The highest BCUT2D eigenvalue weighted by Gasteiger charge is 2.16. The Morgan fingerprint density at radius 2 is 1.88 bits per heavy atom. The first kappa shape index (κ1) is 16.3. The third kappa shape index (κ3) is 3.08. The smallest absolute Gasteiger partial charge is 0.279 e. The number of aliphatic hydroxyl groups is 1. The molecule has 8 heteroatoms. The third-order valence-corrected chi connectivity index (χ3v) is 4.51. The SMILES string of the molecule is N#CC(=C(O)c1ccc([N+](=O)[O-])cc1)c1nc(=O)c2ccccc2s1. The Kier molecular flexibility index (Phi) is 4.24. The molecular weight excluding hydrogens is 342 g/mol. The number of fused-ring (bicyclic) bond motifs is 1. The van der Waals surface area contributed by atoms with Crippen LogP contribution in [-0.2, 0) is 0 Å². The van der Waals surface area contributed by atoms with Crippen LogP contribution < -0.4 is 5.56 Å². The van der Waals surface area contributed by atoms with Crippen LogP contribution in [0.2, 0.25) is 0 Å². The van der Waals surface area contributed by atoms with E-state index in [1.54, 1.807) is 24.3 Å². The van der Waals surface area contributed by atoms with Gasteiger partial charge in [0, 0.05) is 22.4 Å². The molecule has 1 aromatic heterocycles. The second-order valence-corrected chi connectivity index (χ2v) is 5.99. The summed E-state index contributed by atoms with van der Waals surface area (Å²) in [5.74, 6) is -0.393. The summed E-state index contributed by atoms with van der Waals surface area (Å²) in [4.78, 5) is 26.1. The van der Waals surface area contributed by atoms with Crippen LogP contribution in [0.4, 0.5) is 5.69 Å². The van der Waals surface area contributed by atoms with Crippen molar-refractivity contribution in [2.45, 2.75) is 0 Å². The van der Waals surface area contributed by atoms with E-state index >= 15 is 0 Å². The van der Waals surface area contributed by atoms with Gasteiger partial charge >= 0.3 is 0 Å². The molecule has 0 amide bonds. The Morgan fingerprint density at radius 1 is 1.20 bits per heavy atom. The van der Waals surface area contributed by atoms with Crippen molar-refractivity contribution in [2.75, 3.05) is 0 Å². The summed E-state index contributed by atoms with van der Waals surface area (Å²) >= 11 is 1.11. The van der Waals surface area contributed by atoms with E-state index in [2.05, 4.69) is 4.98 Å². The van der Waals surface area contributed by atoms with Crippen LogP contribution >= 0.6 is 11.3 Å².